The van der Waals surface area contributed by atoms with Crippen LogP contribution in [0.25, 0.3) is 0 Å². The van der Waals surface area contributed by atoms with Gasteiger partial charge in [0.1, 0.15) is 0 Å². The highest BCUT2D eigenvalue weighted by molar-refractivity contribution is 4.92. The molecule has 2 aliphatic rings. The van der Waals surface area contributed by atoms with Crippen molar-refractivity contribution in [1.29, 1.82) is 0 Å². The van der Waals surface area contributed by atoms with Crippen molar-refractivity contribution in [2.45, 2.75) is 32.0 Å². The molecule has 0 saturated carbocycles. The van der Waals surface area contributed by atoms with Crippen LogP contribution in [0.3, 0.4) is 0 Å². The maximum absolute atomic E-state index is 5.41. The van der Waals surface area contributed by atoms with Crippen LogP contribution in [0.5, 0.6) is 0 Å². The normalized spacial score (nSPS) is 39.3. The average Bonchev–Trinajstić information content (AvgIpc) is 2.66. The molecule has 0 radical (unpaired) electrons. The first-order valence-corrected chi connectivity index (χ1v) is 4.28. The van der Waals surface area contributed by atoms with Crippen LogP contribution in [-0.2, 0) is 4.74 Å². The van der Waals surface area contributed by atoms with Gasteiger partial charge in [-0.3, -0.25) is 0 Å². The lowest BCUT2D eigenvalue weighted by Crippen LogP contribution is -2.34. The van der Waals surface area contributed by atoms with Gasteiger partial charge >= 0.3 is 0 Å². The fraction of sp³-hybridized carbons (Fsp3) is 1.00. The number of hydrogen-bond donors (Lipinski definition) is 0. The maximum atomic E-state index is 5.41. The predicted octanol–water partition coefficient (Wildman–Crippen LogP) is 0.869. The molecule has 0 aliphatic carbocycles. The summed E-state index contributed by atoms with van der Waals surface area (Å²) in [5.41, 5.74) is 0. The highest BCUT2D eigenvalue weighted by Crippen LogP contribution is 2.30. The Bertz CT molecular complexity index is 126. The molecule has 2 heteroatoms. The van der Waals surface area contributed by atoms with Crippen LogP contribution in [0.1, 0.15) is 19.8 Å². The van der Waals surface area contributed by atoms with Crippen molar-refractivity contribution in [2.24, 2.45) is 0 Å². The van der Waals surface area contributed by atoms with Gasteiger partial charge in [-0.2, -0.15) is 0 Å². The molecule has 10 heavy (non-hydrogen) atoms. The summed E-state index contributed by atoms with van der Waals surface area (Å²) in [4.78, 5) is 2.51. The lowest BCUT2D eigenvalue weighted by atomic mass is 10.1. The van der Waals surface area contributed by atoms with Gasteiger partial charge in [0.2, 0.25) is 0 Å². The van der Waals surface area contributed by atoms with E-state index >= 15 is 0 Å². The van der Waals surface area contributed by atoms with Gasteiger partial charge in [-0.15, -0.1) is 0 Å². The van der Waals surface area contributed by atoms with Crippen molar-refractivity contribution < 1.29 is 4.74 Å². The summed E-state index contributed by atoms with van der Waals surface area (Å²) in [7, 11) is 0. The van der Waals surface area contributed by atoms with Crippen LogP contribution in [0, 0.1) is 0 Å². The molecular weight excluding hydrogens is 126 g/mol. The third-order valence-corrected chi connectivity index (χ3v) is 2.40. The Morgan fingerprint density at radius 3 is 3.10 bits per heavy atom. The topological polar surface area (TPSA) is 15.8 Å². The van der Waals surface area contributed by atoms with Gasteiger partial charge in [0.15, 0.2) is 0 Å². The Morgan fingerprint density at radius 2 is 2.40 bits per heavy atom. The van der Waals surface area contributed by atoms with E-state index in [0.717, 1.165) is 0 Å². The number of ether oxygens (including phenoxy) is 1. The van der Waals surface area contributed by atoms with Gasteiger partial charge in [-0.05, 0) is 19.4 Å². The third kappa shape index (κ3) is 1.18. The molecule has 0 bridgehead atoms. The Morgan fingerprint density at radius 1 is 1.50 bits per heavy atom. The fourth-order valence-corrected chi connectivity index (χ4v) is 1.77. The Kier molecular flexibility index (Phi) is 1.66. The number of nitrogens with zero attached hydrogens (tertiary/aromatic N) is 1. The molecule has 2 aliphatic heterocycles. The van der Waals surface area contributed by atoms with E-state index in [9.17, 15) is 0 Å². The van der Waals surface area contributed by atoms with Crippen molar-refractivity contribution in [1.82, 2.24) is 4.90 Å². The molecule has 2 rings (SSSR count). The van der Waals surface area contributed by atoms with E-state index in [1.165, 1.54) is 32.5 Å². The molecule has 2 saturated heterocycles. The van der Waals surface area contributed by atoms with Crippen LogP contribution in [0.2, 0.25) is 0 Å². The molecule has 0 amide bonds. The van der Waals surface area contributed by atoms with Gasteiger partial charge in [-0.1, -0.05) is 6.92 Å². The van der Waals surface area contributed by atoms with Crippen molar-refractivity contribution in [3.8, 4) is 0 Å². The van der Waals surface area contributed by atoms with E-state index in [0.29, 0.717) is 12.2 Å². The summed E-state index contributed by atoms with van der Waals surface area (Å²) in [5, 5.41) is 0. The largest absolute Gasteiger partial charge is 0.368 e. The Balaban J connectivity index is 1.77. The van der Waals surface area contributed by atoms with Crippen molar-refractivity contribution >= 4 is 0 Å². The average molecular weight is 141 g/mol. The van der Waals surface area contributed by atoms with Crippen LogP contribution < -0.4 is 0 Å². The summed E-state index contributed by atoms with van der Waals surface area (Å²) < 4.78 is 5.41. The van der Waals surface area contributed by atoms with Gasteiger partial charge < -0.3 is 9.64 Å². The molecule has 0 N–H and O–H groups in total. The highest BCUT2D eigenvalue weighted by atomic mass is 16.6. The van der Waals surface area contributed by atoms with Crippen LogP contribution in [0.15, 0.2) is 0 Å². The molecule has 2 heterocycles. The second-order valence-electron chi connectivity index (χ2n) is 3.30. The first kappa shape index (κ1) is 6.62. The van der Waals surface area contributed by atoms with Gasteiger partial charge in [0.25, 0.3) is 0 Å². The minimum atomic E-state index is 0.611. The van der Waals surface area contributed by atoms with Crippen LogP contribution in [-0.4, -0.2) is 36.7 Å². The molecule has 58 valence electrons. The van der Waals surface area contributed by atoms with E-state index in [1.54, 1.807) is 0 Å². The zero-order valence-electron chi connectivity index (χ0n) is 6.55. The van der Waals surface area contributed by atoms with Gasteiger partial charge in [-0.25, -0.2) is 0 Å². The number of likely N-dealkylation sites (tertiary alicyclic amines) is 1. The minimum absolute atomic E-state index is 0.611. The summed E-state index contributed by atoms with van der Waals surface area (Å²) in [6, 6.07) is 0. The molecular formula is C8H15NO. The molecule has 0 aromatic heterocycles. The standard InChI is InChI=1S/C8H15NO/c1-2-4-9-5-3-7-8(6-9)10-7/h7-8H,2-6H2,1H3. The summed E-state index contributed by atoms with van der Waals surface area (Å²) in [6.07, 6.45) is 3.80. The molecule has 2 atom stereocenters. The van der Waals surface area contributed by atoms with Crippen molar-refractivity contribution in [3.05, 3.63) is 0 Å². The zero-order chi connectivity index (χ0) is 6.97. The first-order chi connectivity index (χ1) is 4.90. The second-order valence-corrected chi connectivity index (χ2v) is 3.30. The van der Waals surface area contributed by atoms with E-state index in [-0.39, 0.29) is 0 Å². The number of piperidine rings is 1. The lowest BCUT2D eigenvalue weighted by Gasteiger charge is -2.22. The smallest absolute Gasteiger partial charge is 0.0968 e. The van der Waals surface area contributed by atoms with Crippen molar-refractivity contribution in [3.63, 3.8) is 0 Å². The number of epoxide rings is 1. The molecule has 2 nitrogen and oxygen atoms in total. The monoisotopic (exact) mass is 141 g/mol. The summed E-state index contributed by atoms with van der Waals surface area (Å²) in [6.45, 7) is 5.94. The molecule has 0 aromatic rings. The van der Waals surface area contributed by atoms with Crippen LogP contribution >= 0.6 is 0 Å². The summed E-state index contributed by atoms with van der Waals surface area (Å²) in [5.74, 6) is 0. The van der Waals surface area contributed by atoms with E-state index in [1.807, 2.05) is 0 Å². The predicted molar refractivity (Wildman–Crippen MR) is 40.0 cm³/mol. The molecule has 0 aromatic carbocycles. The maximum Gasteiger partial charge on any atom is 0.0968 e. The van der Waals surface area contributed by atoms with Crippen molar-refractivity contribution in [2.75, 3.05) is 19.6 Å². The van der Waals surface area contributed by atoms with Crippen LogP contribution in [0.4, 0.5) is 0 Å². The second kappa shape index (κ2) is 2.51. The zero-order valence-corrected chi connectivity index (χ0v) is 6.55. The highest BCUT2D eigenvalue weighted by Gasteiger charge is 2.42. The minimum Gasteiger partial charge on any atom is -0.368 e. The fourth-order valence-electron chi connectivity index (χ4n) is 1.77. The molecule has 0 spiro atoms. The Labute approximate surface area is 62.2 Å². The molecule has 2 unspecified atom stereocenters. The SMILES string of the molecule is CCCN1CCC2OC2C1. The number of rotatable bonds is 2. The first-order valence-electron chi connectivity index (χ1n) is 4.28. The van der Waals surface area contributed by atoms with E-state index in [2.05, 4.69) is 11.8 Å². The number of fused-ring (bicyclic) bond motifs is 1. The lowest BCUT2D eigenvalue weighted by molar-refractivity contribution is 0.246. The van der Waals surface area contributed by atoms with Gasteiger partial charge in [0.05, 0.1) is 12.2 Å². The Hall–Kier alpha value is -0.0800. The third-order valence-electron chi connectivity index (χ3n) is 2.40. The summed E-state index contributed by atoms with van der Waals surface area (Å²) >= 11 is 0. The number of hydrogen-bond acceptors (Lipinski definition) is 2. The molecule has 2 fully saturated rings. The van der Waals surface area contributed by atoms with E-state index in [4.69, 9.17) is 4.74 Å². The van der Waals surface area contributed by atoms with Gasteiger partial charge in [0, 0.05) is 13.1 Å². The quantitative estimate of drug-likeness (QED) is 0.530. The van der Waals surface area contributed by atoms with E-state index < -0.39 is 0 Å².